The van der Waals surface area contributed by atoms with Crippen LogP contribution in [0.2, 0.25) is 0 Å². The molecule has 2 saturated heterocycles. The predicted molar refractivity (Wildman–Crippen MR) is 63.1 cm³/mol. The normalized spacial score (nSPS) is 41.4. The van der Waals surface area contributed by atoms with E-state index in [1.165, 1.54) is 19.4 Å². The van der Waals surface area contributed by atoms with Gasteiger partial charge in [-0.15, -0.1) is 0 Å². The second-order valence-corrected chi connectivity index (χ2v) is 5.03. The maximum absolute atomic E-state index is 5.96. The van der Waals surface area contributed by atoms with Gasteiger partial charge >= 0.3 is 0 Å². The Labute approximate surface area is 98.1 Å². The molecule has 2 aliphatic heterocycles. The molecule has 0 aliphatic carbocycles. The van der Waals surface area contributed by atoms with E-state index in [0.29, 0.717) is 19.1 Å². The monoisotopic (exact) mass is 228 g/mol. The van der Waals surface area contributed by atoms with Crippen molar-refractivity contribution in [3.05, 3.63) is 0 Å². The summed E-state index contributed by atoms with van der Waals surface area (Å²) in [6.07, 6.45) is 2.53. The Morgan fingerprint density at radius 2 is 2.31 bits per heavy atom. The van der Waals surface area contributed by atoms with Crippen LogP contribution in [0.15, 0.2) is 0 Å². The average molecular weight is 228 g/mol. The summed E-state index contributed by atoms with van der Waals surface area (Å²) in [5.41, 5.74) is 5.62. The van der Waals surface area contributed by atoms with Gasteiger partial charge in [0.2, 0.25) is 0 Å². The van der Waals surface area contributed by atoms with E-state index < -0.39 is 5.79 Å². The minimum atomic E-state index is -0.405. The van der Waals surface area contributed by atoms with Crippen molar-refractivity contribution in [2.75, 3.05) is 32.8 Å². The molecule has 0 saturated carbocycles. The quantitative estimate of drug-likeness (QED) is 0.776. The summed E-state index contributed by atoms with van der Waals surface area (Å²) in [4.78, 5) is 2.47. The summed E-state index contributed by atoms with van der Waals surface area (Å²) in [7, 11) is 0. The van der Waals surface area contributed by atoms with Crippen LogP contribution in [-0.2, 0) is 9.47 Å². The molecule has 3 unspecified atom stereocenters. The molecule has 2 N–H and O–H groups in total. The van der Waals surface area contributed by atoms with Crippen LogP contribution >= 0.6 is 0 Å². The predicted octanol–water partition coefficient (Wildman–Crippen LogP) is 0.809. The Balaban J connectivity index is 1.95. The third-order valence-electron chi connectivity index (χ3n) is 3.91. The molecular weight excluding hydrogens is 204 g/mol. The molecule has 0 aromatic heterocycles. The molecule has 4 nitrogen and oxygen atoms in total. The second-order valence-electron chi connectivity index (χ2n) is 5.03. The molecule has 0 spiro atoms. The first kappa shape index (κ1) is 12.3. The summed E-state index contributed by atoms with van der Waals surface area (Å²) in [6, 6.07) is 0. The van der Waals surface area contributed by atoms with E-state index >= 15 is 0 Å². The van der Waals surface area contributed by atoms with Crippen LogP contribution in [0.25, 0.3) is 0 Å². The second kappa shape index (κ2) is 5.00. The number of hydrogen-bond donors (Lipinski definition) is 1. The topological polar surface area (TPSA) is 47.7 Å². The van der Waals surface area contributed by atoms with Crippen LogP contribution in [0.1, 0.15) is 26.7 Å². The molecule has 0 bridgehead atoms. The van der Waals surface area contributed by atoms with Gasteiger partial charge in [0.05, 0.1) is 12.7 Å². The van der Waals surface area contributed by atoms with E-state index in [1.807, 2.05) is 0 Å². The highest BCUT2D eigenvalue weighted by atomic mass is 16.7. The Kier molecular flexibility index (Phi) is 3.85. The highest BCUT2D eigenvalue weighted by Crippen LogP contribution is 2.35. The zero-order chi connectivity index (χ0) is 11.6. The molecule has 0 radical (unpaired) electrons. The zero-order valence-electron chi connectivity index (χ0n) is 10.4. The van der Waals surface area contributed by atoms with Crippen molar-refractivity contribution < 1.29 is 9.47 Å². The highest BCUT2D eigenvalue weighted by Gasteiger charge is 2.44. The van der Waals surface area contributed by atoms with Gasteiger partial charge in [0.1, 0.15) is 0 Å². The van der Waals surface area contributed by atoms with Crippen molar-refractivity contribution in [1.29, 1.82) is 0 Å². The van der Waals surface area contributed by atoms with Crippen molar-refractivity contribution in [2.24, 2.45) is 11.7 Å². The zero-order valence-corrected chi connectivity index (χ0v) is 10.4. The number of likely N-dealkylation sites (tertiary alicyclic amines) is 1. The Morgan fingerprint density at radius 1 is 1.50 bits per heavy atom. The van der Waals surface area contributed by atoms with Gasteiger partial charge in [0, 0.05) is 19.0 Å². The van der Waals surface area contributed by atoms with Gasteiger partial charge < -0.3 is 20.1 Å². The first-order chi connectivity index (χ1) is 7.68. The van der Waals surface area contributed by atoms with Crippen LogP contribution in [0, 0.1) is 5.92 Å². The van der Waals surface area contributed by atoms with Gasteiger partial charge in [-0.1, -0.05) is 6.92 Å². The lowest BCUT2D eigenvalue weighted by Gasteiger charge is -2.39. The van der Waals surface area contributed by atoms with E-state index in [2.05, 4.69) is 18.7 Å². The Bertz CT molecular complexity index is 237. The minimum Gasteiger partial charge on any atom is -0.347 e. The van der Waals surface area contributed by atoms with E-state index in [-0.39, 0.29) is 6.10 Å². The fourth-order valence-electron chi connectivity index (χ4n) is 2.76. The highest BCUT2D eigenvalue weighted by molar-refractivity contribution is 4.86. The number of nitrogens with zero attached hydrogens (tertiary/aromatic N) is 1. The van der Waals surface area contributed by atoms with E-state index in [4.69, 9.17) is 15.2 Å². The summed E-state index contributed by atoms with van der Waals surface area (Å²) in [6.45, 7) is 8.91. The van der Waals surface area contributed by atoms with Crippen LogP contribution in [-0.4, -0.2) is 49.6 Å². The van der Waals surface area contributed by atoms with Crippen molar-refractivity contribution in [2.45, 2.75) is 38.6 Å². The fourth-order valence-corrected chi connectivity index (χ4v) is 2.76. The number of ether oxygens (including phenoxy) is 2. The summed E-state index contributed by atoms with van der Waals surface area (Å²) in [5.74, 6) is 0.0791. The maximum Gasteiger partial charge on any atom is 0.170 e. The lowest BCUT2D eigenvalue weighted by molar-refractivity contribution is -0.200. The molecule has 2 aliphatic rings. The molecular formula is C12H24N2O2. The van der Waals surface area contributed by atoms with E-state index in [0.717, 1.165) is 13.1 Å². The van der Waals surface area contributed by atoms with Gasteiger partial charge in [-0.2, -0.15) is 0 Å². The molecule has 2 fully saturated rings. The van der Waals surface area contributed by atoms with Crippen molar-refractivity contribution in [1.82, 2.24) is 4.90 Å². The Hall–Kier alpha value is -0.160. The van der Waals surface area contributed by atoms with Crippen molar-refractivity contribution in [3.63, 3.8) is 0 Å². The van der Waals surface area contributed by atoms with E-state index in [9.17, 15) is 0 Å². The molecule has 16 heavy (non-hydrogen) atoms. The molecule has 0 amide bonds. The Morgan fingerprint density at radius 3 is 2.94 bits per heavy atom. The number of rotatable bonds is 3. The summed E-state index contributed by atoms with van der Waals surface area (Å²) < 4.78 is 11.8. The van der Waals surface area contributed by atoms with Gasteiger partial charge in [-0.3, -0.25) is 0 Å². The van der Waals surface area contributed by atoms with Gasteiger partial charge in [0.25, 0.3) is 0 Å². The average Bonchev–Trinajstić information content (AvgIpc) is 2.73. The summed E-state index contributed by atoms with van der Waals surface area (Å²) >= 11 is 0. The molecule has 94 valence electrons. The molecule has 0 aromatic carbocycles. The number of hydrogen-bond acceptors (Lipinski definition) is 4. The SMILES string of the molecule is CCN1CCCC(C2(C)OCC(CN)O2)C1. The van der Waals surface area contributed by atoms with Crippen molar-refractivity contribution >= 4 is 0 Å². The number of piperidine rings is 1. The van der Waals surface area contributed by atoms with Crippen LogP contribution in [0.3, 0.4) is 0 Å². The summed E-state index contributed by atoms with van der Waals surface area (Å²) in [5, 5.41) is 0. The largest absolute Gasteiger partial charge is 0.347 e. The molecule has 2 rings (SSSR count). The minimum absolute atomic E-state index is 0.0852. The first-order valence-electron chi connectivity index (χ1n) is 6.42. The van der Waals surface area contributed by atoms with Gasteiger partial charge in [-0.25, -0.2) is 0 Å². The maximum atomic E-state index is 5.96. The molecule has 0 aromatic rings. The van der Waals surface area contributed by atoms with Crippen LogP contribution in [0.5, 0.6) is 0 Å². The molecule has 3 atom stereocenters. The van der Waals surface area contributed by atoms with Gasteiger partial charge in [-0.05, 0) is 32.9 Å². The van der Waals surface area contributed by atoms with E-state index in [1.54, 1.807) is 0 Å². The van der Waals surface area contributed by atoms with Crippen LogP contribution in [0.4, 0.5) is 0 Å². The number of nitrogens with two attached hydrogens (primary N) is 1. The lowest BCUT2D eigenvalue weighted by Crippen LogP contribution is -2.47. The third kappa shape index (κ3) is 2.40. The van der Waals surface area contributed by atoms with Crippen LogP contribution < -0.4 is 5.73 Å². The third-order valence-corrected chi connectivity index (χ3v) is 3.91. The van der Waals surface area contributed by atoms with Crippen molar-refractivity contribution in [3.8, 4) is 0 Å². The smallest absolute Gasteiger partial charge is 0.170 e. The molecule has 2 heterocycles. The first-order valence-corrected chi connectivity index (χ1v) is 6.42. The van der Waals surface area contributed by atoms with Gasteiger partial charge in [0.15, 0.2) is 5.79 Å². The fraction of sp³-hybridized carbons (Fsp3) is 1.00. The lowest BCUT2D eigenvalue weighted by atomic mass is 9.90. The molecule has 4 heteroatoms. The standard InChI is InChI=1S/C12H24N2O2/c1-3-14-6-4-5-10(8-14)12(2)15-9-11(7-13)16-12/h10-11H,3-9,13H2,1-2H3.